The number of aryl methyl sites for hydroxylation is 1. The fraction of sp³-hybridized carbons (Fsp3) is 0.375. The highest BCUT2D eigenvalue weighted by molar-refractivity contribution is 7.98. The molecule has 22 heavy (non-hydrogen) atoms. The van der Waals surface area contributed by atoms with Gasteiger partial charge in [0.1, 0.15) is 11.6 Å². The fourth-order valence-electron chi connectivity index (χ4n) is 2.58. The third kappa shape index (κ3) is 3.02. The highest BCUT2D eigenvalue weighted by atomic mass is 32.2. The minimum Gasteiger partial charge on any atom is -0.360 e. The van der Waals surface area contributed by atoms with Gasteiger partial charge in [-0.15, -0.1) is 0 Å². The summed E-state index contributed by atoms with van der Waals surface area (Å²) in [6.45, 7) is 2.63. The minimum atomic E-state index is -0.335. The molecule has 1 aliphatic rings. The zero-order valence-corrected chi connectivity index (χ0v) is 13.2. The smallest absolute Gasteiger partial charge is 0.280 e. The summed E-state index contributed by atoms with van der Waals surface area (Å²) < 4.78 is 18.7. The molecule has 116 valence electrons. The largest absolute Gasteiger partial charge is 0.360 e. The molecule has 0 unspecified atom stereocenters. The second-order valence-corrected chi connectivity index (χ2v) is 6.42. The van der Waals surface area contributed by atoms with E-state index in [-0.39, 0.29) is 17.4 Å². The Morgan fingerprint density at radius 2 is 2.32 bits per heavy atom. The number of fused-ring (bicyclic) bond motifs is 1. The molecule has 2 heterocycles. The van der Waals surface area contributed by atoms with Gasteiger partial charge in [0.15, 0.2) is 5.69 Å². The van der Waals surface area contributed by atoms with E-state index in [1.54, 1.807) is 28.8 Å². The first-order chi connectivity index (χ1) is 10.7. The van der Waals surface area contributed by atoms with E-state index in [9.17, 15) is 9.18 Å². The van der Waals surface area contributed by atoms with Crippen molar-refractivity contribution >= 4 is 23.4 Å². The van der Waals surface area contributed by atoms with Crippen LogP contribution >= 0.6 is 11.8 Å². The molecule has 6 heteroatoms. The van der Waals surface area contributed by atoms with Crippen molar-refractivity contribution in [2.45, 2.75) is 25.5 Å². The third-order valence-electron chi connectivity index (χ3n) is 3.64. The molecule has 1 aliphatic heterocycles. The molecule has 0 saturated heterocycles. The van der Waals surface area contributed by atoms with E-state index < -0.39 is 0 Å². The van der Waals surface area contributed by atoms with Crippen LogP contribution in [0.2, 0.25) is 0 Å². The minimum absolute atomic E-state index is 0.233. The molecule has 0 aliphatic carbocycles. The summed E-state index contributed by atoms with van der Waals surface area (Å²) in [6, 6.07) is 6.28. The predicted molar refractivity (Wildman–Crippen MR) is 84.7 cm³/mol. The number of thioether (sulfide) groups is 1. The molecular weight excluding hydrogens is 303 g/mol. The third-order valence-corrected chi connectivity index (χ3v) is 4.53. The first kappa shape index (κ1) is 15.1. The number of rotatable bonds is 4. The Morgan fingerprint density at radius 1 is 1.45 bits per heavy atom. The average molecular weight is 320 g/mol. The van der Waals surface area contributed by atoms with Crippen molar-refractivity contribution in [3.63, 3.8) is 0 Å². The number of hydrogen-bond acceptors (Lipinski definition) is 4. The maximum atomic E-state index is 13.5. The Morgan fingerprint density at radius 3 is 3.14 bits per heavy atom. The zero-order valence-electron chi connectivity index (χ0n) is 12.3. The van der Waals surface area contributed by atoms with Gasteiger partial charge in [-0.05, 0) is 36.3 Å². The van der Waals surface area contributed by atoms with Crippen molar-refractivity contribution in [1.29, 1.82) is 0 Å². The topological polar surface area (TPSA) is 46.3 Å². The lowest BCUT2D eigenvalue weighted by Gasteiger charge is -2.28. The van der Waals surface area contributed by atoms with Crippen molar-refractivity contribution in [3.05, 3.63) is 47.1 Å². The molecule has 0 N–H and O–H groups in total. The SMILES string of the molecule is CCSCc1cc(C(=O)N2CCCc3ccc(F)cc32)no1. The van der Waals surface area contributed by atoms with Gasteiger partial charge in [-0.2, -0.15) is 11.8 Å². The summed E-state index contributed by atoms with van der Waals surface area (Å²) >= 11 is 1.70. The van der Waals surface area contributed by atoms with Crippen LogP contribution in [-0.2, 0) is 12.2 Å². The van der Waals surface area contributed by atoms with Crippen molar-refractivity contribution in [2.24, 2.45) is 0 Å². The van der Waals surface area contributed by atoms with Crippen LogP contribution in [0.1, 0.15) is 35.2 Å². The predicted octanol–water partition coefficient (Wildman–Crippen LogP) is 3.66. The fourth-order valence-corrected chi connectivity index (χ4v) is 3.12. The first-order valence-electron chi connectivity index (χ1n) is 7.32. The van der Waals surface area contributed by atoms with Crippen LogP contribution in [0, 0.1) is 5.82 Å². The number of benzene rings is 1. The Balaban J connectivity index is 1.84. The van der Waals surface area contributed by atoms with Gasteiger partial charge in [-0.25, -0.2) is 4.39 Å². The molecule has 1 aromatic heterocycles. The highest BCUT2D eigenvalue weighted by Gasteiger charge is 2.26. The van der Waals surface area contributed by atoms with E-state index in [0.29, 0.717) is 23.7 Å². The second kappa shape index (κ2) is 6.52. The first-order valence-corrected chi connectivity index (χ1v) is 8.48. The molecule has 0 spiro atoms. The number of nitrogens with zero attached hydrogens (tertiary/aromatic N) is 2. The van der Waals surface area contributed by atoms with Crippen LogP contribution in [0.4, 0.5) is 10.1 Å². The highest BCUT2D eigenvalue weighted by Crippen LogP contribution is 2.29. The van der Waals surface area contributed by atoms with E-state index >= 15 is 0 Å². The maximum Gasteiger partial charge on any atom is 0.280 e. The molecule has 3 rings (SSSR count). The molecule has 1 amide bonds. The number of carbonyl (C=O) groups is 1. The second-order valence-electron chi connectivity index (χ2n) is 5.15. The van der Waals surface area contributed by atoms with E-state index in [0.717, 1.165) is 24.2 Å². The molecule has 0 radical (unpaired) electrons. The van der Waals surface area contributed by atoms with Gasteiger partial charge in [0.05, 0.1) is 11.4 Å². The van der Waals surface area contributed by atoms with Crippen LogP contribution in [0.3, 0.4) is 0 Å². The number of anilines is 1. The van der Waals surface area contributed by atoms with Crippen LogP contribution in [0.25, 0.3) is 0 Å². The summed E-state index contributed by atoms with van der Waals surface area (Å²) in [6.07, 6.45) is 1.72. The van der Waals surface area contributed by atoms with Crippen molar-refractivity contribution in [3.8, 4) is 0 Å². The van der Waals surface area contributed by atoms with E-state index in [1.165, 1.54) is 12.1 Å². The van der Waals surface area contributed by atoms with Crippen molar-refractivity contribution in [1.82, 2.24) is 5.16 Å². The van der Waals surface area contributed by atoms with Gasteiger partial charge in [0.25, 0.3) is 5.91 Å². The molecule has 0 fully saturated rings. The van der Waals surface area contributed by atoms with E-state index in [1.807, 2.05) is 0 Å². The summed E-state index contributed by atoms with van der Waals surface area (Å²) in [5, 5.41) is 3.87. The summed E-state index contributed by atoms with van der Waals surface area (Å²) in [5.41, 5.74) is 1.92. The van der Waals surface area contributed by atoms with Gasteiger partial charge >= 0.3 is 0 Å². The van der Waals surface area contributed by atoms with Gasteiger partial charge in [-0.3, -0.25) is 4.79 Å². The molecule has 0 atom stereocenters. The Hall–Kier alpha value is -1.82. The van der Waals surface area contributed by atoms with Crippen LogP contribution < -0.4 is 4.90 Å². The number of halogens is 1. The van der Waals surface area contributed by atoms with Crippen LogP contribution in [0.5, 0.6) is 0 Å². The average Bonchev–Trinajstić information content (AvgIpc) is 3.00. The summed E-state index contributed by atoms with van der Waals surface area (Å²) in [4.78, 5) is 14.2. The zero-order chi connectivity index (χ0) is 15.5. The Labute approximate surface area is 132 Å². The van der Waals surface area contributed by atoms with Gasteiger partial charge in [0, 0.05) is 12.6 Å². The van der Waals surface area contributed by atoms with E-state index in [4.69, 9.17) is 4.52 Å². The lowest BCUT2D eigenvalue weighted by atomic mass is 10.0. The lowest BCUT2D eigenvalue weighted by molar-refractivity contribution is 0.0976. The Kier molecular flexibility index (Phi) is 4.47. The van der Waals surface area contributed by atoms with Gasteiger partial charge < -0.3 is 9.42 Å². The van der Waals surface area contributed by atoms with E-state index in [2.05, 4.69) is 12.1 Å². The molecule has 1 aromatic carbocycles. The van der Waals surface area contributed by atoms with Crippen LogP contribution in [-0.4, -0.2) is 23.4 Å². The number of aromatic nitrogens is 1. The van der Waals surface area contributed by atoms with Gasteiger partial charge in [-0.1, -0.05) is 18.1 Å². The standard InChI is InChI=1S/C16H17FN2O2S/c1-2-22-10-13-9-14(18-21-13)16(20)19-7-3-4-11-5-6-12(17)8-15(11)19/h5-6,8-9H,2-4,7,10H2,1H3. The quantitative estimate of drug-likeness (QED) is 0.862. The monoisotopic (exact) mass is 320 g/mol. The summed E-state index contributed by atoms with van der Waals surface area (Å²) in [5.74, 6) is 1.79. The van der Waals surface area contributed by atoms with Crippen molar-refractivity contribution < 1.29 is 13.7 Å². The lowest BCUT2D eigenvalue weighted by Crippen LogP contribution is -2.35. The number of hydrogen-bond donors (Lipinski definition) is 0. The molecular formula is C16H17FN2O2S. The van der Waals surface area contributed by atoms with Gasteiger partial charge in [0.2, 0.25) is 0 Å². The van der Waals surface area contributed by atoms with Crippen molar-refractivity contribution in [2.75, 3.05) is 17.2 Å². The molecule has 0 saturated carbocycles. The normalized spacial score (nSPS) is 14.0. The van der Waals surface area contributed by atoms with Crippen LogP contribution in [0.15, 0.2) is 28.8 Å². The molecule has 4 nitrogen and oxygen atoms in total. The summed E-state index contributed by atoms with van der Waals surface area (Å²) in [7, 11) is 0. The Bertz CT molecular complexity index is 687. The molecule has 2 aromatic rings. The molecule has 0 bridgehead atoms. The number of amides is 1. The number of carbonyl (C=O) groups excluding carboxylic acids is 1. The maximum absolute atomic E-state index is 13.5.